The summed E-state index contributed by atoms with van der Waals surface area (Å²) in [6.07, 6.45) is 0. The fourth-order valence-electron chi connectivity index (χ4n) is 1.70. The normalized spacial score (nSPS) is 12.2. The van der Waals surface area contributed by atoms with Crippen LogP contribution in [0.5, 0.6) is 0 Å². The van der Waals surface area contributed by atoms with Crippen molar-refractivity contribution in [2.24, 2.45) is 0 Å². The summed E-state index contributed by atoms with van der Waals surface area (Å²) in [4.78, 5) is 17.5. The predicted octanol–water partition coefficient (Wildman–Crippen LogP) is 1.87. The Kier molecular flexibility index (Phi) is 3.71. The third kappa shape index (κ3) is 2.85. The van der Waals surface area contributed by atoms with Crippen molar-refractivity contribution in [1.82, 2.24) is 20.1 Å². The van der Waals surface area contributed by atoms with E-state index in [2.05, 4.69) is 15.2 Å². The number of nitrogens with two attached hydrogens (primary N) is 1. The monoisotopic (exact) mass is 279 g/mol. The molecule has 0 radical (unpaired) electrons. The van der Waals surface area contributed by atoms with Crippen LogP contribution < -0.4 is 5.73 Å². The Morgan fingerprint density at radius 1 is 1.53 bits per heavy atom. The van der Waals surface area contributed by atoms with E-state index in [4.69, 9.17) is 17.3 Å². The molecule has 2 aromatic rings. The molecule has 7 heteroatoms. The number of hydrogen-bond donors (Lipinski definition) is 2. The number of nitrogens with zero attached hydrogens (tertiary/aromatic N) is 3. The number of amides is 1. The van der Waals surface area contributed by atoms with Gasteiger partial charge in [-0.15, -0.1) is 5.10 Å². The quantitative estimate of drug-likeness (QED) is 0.898. The molecule has 0 fully saturated rings. The standard InChI is InChI=1S/C12H14ClN5O/c1-7(8-4-3-5-9(13)6-8)18(2)11(19)10-15-12(14)17-16-10/h3-7H,1-2H3,(H3,14,15,16,17). The van der Waals surface area contributed by atoms with Gasteiger partial charge in [-0.2, -0.15) is 4.98 Å². The molecule has 1 unspecified atom stereocenters. The van der Waals surface area contributed by atoms with Crippen molar-refractivity contribution in [3.05, 3.63) is 40.7 Å². The largest absolute Gasteiger partial charge is 0.366 e. The Balaban J connectivity index is 2.19. The summed E-state index contributed by atoms with van der Waals surface area (Å²) < 4.78 is 0. The number of benzene rings is 1. The fourth-order valence-corrected chi connectivity index (χ4v) is 1.90. The average Bonchev–Trinajstić information content (AvgIpc) is 2.83. The van der Waals surface area contributed by atoms with E-state index in [9.17, 15) is 4.79 Å². The van der Waals surface area contributed by atoms with Crippen molar-refractivity contribution in [1.29, 1.82) is 0 Å². The zero-order valence-electron chi connectivity index (χ0n) is 10.6. The van der Waals surface area contributed by atoms with Crippen LogP contribution in [0.3, 0.4) is 0 Å². The Morgan fingerprint density at radius 2 is 2.26 bits per heavy atom. The predicted molar refractivity (Wildman–Crippen MR) is 72.8 cm³/mol. The number of H-pyrrole nitrogens is 1. The second kappa shape index (κ2) is 5.27. The van der Waals surface area contributed by atoms with Gasteiger partial charge in [-0.3, -0.25) is 9.89 Å². The number of nitrogens with one attached hydrogen (secondary N) is 1. The lowest BCUT2D eigenvalue weighted by atomic mass is 10.1. The Bertz CT molecular complexity index is 597. The first-order valence-corrected chi connectivity index (χ1v) is 6.07. The zero-order valence-corrected chi connectivity index (χ0v) is 11.3. The summed E-state index contributed by atoms with van der Waals surface area (Å²) in [6.45, 7) is 1.91. The molecule has 1 atom stereocenters. The van der Waals surface area contributed by atoms with Gasteiger partial charge in [0.15, 0.2) is 0 Å². The number of aromatic amines is 1. The number of carbonyl (C=O) groups is 1. The molecule has 0 saturated carbocycles. The van der Waals surface area contributed by atoms with Crippen LogP contribution in [0.2, 0.25) is 5.02 Å². The number of nitrogen functional groups attached to an aromatic ring is 1. The van der Waals surface area contributed by atoms with E-state index < -0.39 is 0 Å². The van der Waals surface area contributed by atoms with Gasteiger partial charge in [-0.1, -0.05) is 23.7 Å². The number of anilines is 1. The molecule has 1 heterocycles. The van der Waals surface area contributed by atoms with Gasteiger partial charge in [-0.05, 0) is 24.6 Å². The lowest BCUT2D eigenvalue weighted by molar-refractivity contribution is 0.0731. The van der Waals surface area contributed by atoms with Crippen molar-refractivity contribution in [2.75, 3.05) is 12.8 Å². The minimum absolute atomic E-state index is 0.0483. The molecule has 6 nitrogen and oxygen atoms in total. The Morgan fingerprint density at radius 3 is 2.84 bits per heavy atom. The van der Waals surface area contributed by atoms with Gasteiger partial charge in [-0.25, -0.2) is 0 Å². The van der Waals surface area contributed by atoms with E-state index >= 15 is 0 Å². The first-order valence-electron chi connectivity index (χ1n) is 5.69. The zero-order chi connectivity index (χ0) is 14.0. The van der Waals surface area contributed by atoms with Gasteiger partial charge in [0.05, 0.1) is 6.04 Å². The van der Waals surface area contributed by atoms with Crippen LogP contribution in [0.25, 0.3) is 0 Å². The van der Waals surface area contributed by atoms with Crippen LogP contribution in [-0.4, -0.2) is 33.0 Å². The molecular weight excluding hydrogens is 266 g/mol. The number of rotatable bonds is 3. The molecule has 0 aliphatic carbocycles. The van der Waals surface area contributed by atoms with E-state index in [0.29, 0.717) is 5.02 Å². The van der Waals surface area contributed by atoms with Crippen LogP contribution in [-0.2, 0) is 0 Å². The van der Waals surface area contributed by atoms with E-state index in [-0.39, 0.29) is 23.7 Å². The van der Waals surface area contributed by atoms with E-state index in [0.717, 1.165) is 5.56 Å². The maximum Gasteiger partial charge on any atom is 0.291 e. The molecule has 100 valence electrons. The van der Waals surface area contributed by atoms with Crippen LogP contribution in [0.1, 0.15) is 29.1 Å². The van der Waals surface area contributed by atoms with Crippen molar-refractivity contribution in [3.63, 3.8) is 0 Å². The average molecular weight is 280 g/mol. The number of carbonyl (C=O) groups excluding carboxylic acids is 1. The second-order valence-electron chi connectivity index (χ2n) is 4.19. The van der Waals surface area contributed by atoms with E-state index in [1.165, 1.54) is 0 Å². The van der Waals surface area contributed by atoms with Gasteiger partial charge in [0.1, 0.15) is 0 Å². The van der Waals surface area contributed by atoms with Crippen molar-refractivity contribution in [3.8, 4) is 0 Å². The van der Waals surface area contributed by atoms with Crippen LogP contribution in [0, 0.1) is 0 Å². The van der Waals surface area contributed by atoms with Crippen LogP contribution in [0.15, 0.2) is 24.3 Å². The van der Waals surface area contributed by atoms with Gasteiger partial charge in [0.2, 0.25) is 11.8 Å². The SMILES string of the molecule is CC(c1cccc(Cl)c1)N(C)C(=O)c1nc(N)n[nH]1. The maximum atomic E-state index is 12.2. The third-order valence-corrected chi connectivity index (χ3v) is 3.17. The Labute approximate surface area is 115 Å². The smallest absolute Gasteiger partial charge is 0.291 e. The van der Waals surface area contributed by atoms with Crippen LogP contribution >= 0.6 is 11.6 Å². The Hall–Kier alpha value is -2.08. The highest BCUT2D eigenvalue weighted by molar-refractivity contribution is 6.30. The molecule has 0 bridgehead atoms. The summed E-state index contributed by atoms with van der Waals surface area (Å²) >= 11 is 5.95. The maximum absolute atomic E-state index is 12.2. The molecule has 0 saturated heterocycles. The summed E-state index contributed by atoms with van der Waals surface area (Å²) in [6, 6.07) is 7.23. The first-order chi connectivity index (χ1) is 8.99. The molecule has 3 N–H and O–H groups in total. The molecule has 19 heavy (non-hydrogen) atoms. The summed E-state index contributed by atoms with van der Waals surface area (Å²) in [7, 11) is 1.69. The van der Waals surface area contributed by atoms with Gasteiger partial charge < -0.3 is 10.6 Å². The highest BCUT2D eigenvalue weighted by Gasteiger charge is 2.21. The highest BCUT2D eigenvalue weighted by Crippen LogP contribution is 2.22. The topological polar surface area (TPSA) is 87.9 Å². The number of hydrogen-bond acceptors (Lipinski definition) is 4. The summed E-state index contributed by atoms with van der Waals surface area (Å²) in [5, 5.41) is 6.77. The first kappa shape index (κ1) is 13.4. The lowest BCUT2D eigenvalue weighted by Gasteiger charge is -2.24. The molecular formula is C12H14ClN5O. The molecule has 0 spiro atoms. The number of aromatic nitrogens is 3. The van der Waals surface area contributed by atoms with E-state index in [1.807, 2.05) is 25.1 Å². The molecule has 1 aromatic carbocycles. The molecule has 1 amide bonds. The molecule has 2 rings (SSSR count). The van der Waals surface area contributed by atoms with Crippen molar-refractivity contribution >= 4 is 23.5 Å². The van der Waals surface area contributed by atoms with Gasteiger partial charge in [0.25, 0.3) is 5.91 Å². The van der Waals surface area contributed by atoms with Crippen LogP contribution in [0.4, 0.5) is 5.95 Å². The van der Waals surface area contributed by atoms with Gasteiger partial charge in [0, 0.05) is 12.1 Å². The van der Waals surface area contributed by atoms with E-state index in [1.54, 1.807) is 18.0 Å². The third-order valence-electron chi connectivity index (χ3n) is 2.94. The minimum atomic E-state index is -0.281. The van der Waals surface area contributed by atoms with Gasteiger partial charge >= 0.3 is 0 Å². The summed E-state index contributed by atoms with van der Waals surface area (Å²) in [5.41, 5.74) is 6.32. The fraction of sp³-hybridized carbons (Fsp3) is 0.250. The number of halogens is 1. The van der Waals surface area contributed by atoms with Crippen molar-refractivity contribution in [2.45, 2.75) is 13.0 Å². The molecule has 1 aromatic heterocycles. The molecule has 0 aliphatic rings. The highest BCUT2D eigenvalue weighted by atomic mass is 35.5. The lowest BCUT2D eigenvalue weighted by Crippen LogP contribution is -2.30. The second-order valence-corrected chi connectivity index (χ2v) is 4.63. The minimum Gasteiger partial charge on any atom is -0.366 e. The van der Waals surface area contributed by atoms with Crippen molar-refractivity contribution < 1.29 is 4.79 Å². The summed E-state index contributed by atoms with van der Waals surface area (Å²) in [5.74, 6) is -0.113. The molecule has 0 aliphatic heterocycles.